The van der Waals surface area contributed by atoms with E-state index in [1.807, 2.05) is 0 Å². The summed E-state index contributed by atoms with van der Waals surface area (Å²) in [6.45, 7) is 0. The molecule has 1 unspecified atom stereocenters. The highest BCUT2D eigenvalue weighted by Gasteiger charge is 2.39. The van der Waals surface area contributed by atoms with Crippen molar-refractivity contribution < 1.29 is 14.7 Å². The SMILES string of the molecule is C#CCCC1(CCC(=O)NC(Cc2ccncc2)C(=O)O)N=N1. The first kappa shape index (κ1) is 16.6. The fraction of sp³-hybridized carbons (Fsp3) is 0.438. The van der Waals surface area contributed by atoms with E-state index in [9.17, 15) is 14.7 Å². The molecule has 0 fully saturated rings. The Morgan fingerprint density at radius 1 is 1.30 bits per heavy atom. The zero-order valence-corrected chi connectivity index (χ0v) is 12.6. The van der Waals surface area contributed by atoms with Crippen LogP contribution in [-0.2, 0) is 16.0 Å². The highest BCUT2D eigenvalue weighted by Crippen LogP contribution is 2.37. The number of nitrogens with zero attached hydrogens (tertiary/aromatic N) is 3. The van der Waals surface area contributed by atoms with Gasteiger partial charge in [-0.2, -0.15) is 10.2 Å². The zero-order valence-electron chi connectivity index (χ0n) is 12.6. The van der Waals surface area contributed by atoms with E-state index in [0.29, 0.717) is 19.3 Å². The quantitative estimate of drug-likeness (QED) is 0.675. The molecule has 0 saturated heterocycles. The molecule has 0 radical (unpaired) electrons. The number of terminal acetylenes is 1. The van der Waals surface area contributed by atoms with Crippen LogP contribution in [0.3, 0.4) is 0 Å². The first-order valence-electron chi connectivity index (χ1n) is 7.33. The Balaban J connectivity index is 1.82. The van der Waals surface area contributed by atoms with Gasteiger partial charge in [0.2, 0.25) is 5.91 Å². The average molecular weight is 314 g/mol. The number of carboxylic acid groups (broad SMARTS) is 1. The molecule has 1 aromatic heterocycles. The number of pyridine rings is 1. The van der Waals surface area contributed by atoms with E-state index in [4.69, 9.17) is 6.42 Å². The molecule has 2 heterocycles. The van der Waals surface area contributed by atoms with Crippen LogP contribution < -0.4 is 5.32 Å². The average Bonchev–Trinajstić information content (AvgIpc) is 3.32. The van der Waals surface area contributed by atoms with Crippen molar-refractivity contribution in [3.8, 4) is 12.3 Å². The normalized spacial score (nSPS) is 15.4. The van der Waals surface area contributed by atoms with Gasteiger partial charge in [0.05, 0.1) is 0 Å². The third-order valence-electron chi connectivity index (χ3n) is 3.63. The molecule has 0 aromatic carbocycles. The molecule has 0 saturated carbocycles. The number of carboxylic acids is 1. The molecule has 120 valence electrons. The largest absolute Gasteiger partial charge is 0.480 e. The summed E-state index contributed by atoms with van der Waals surface area (Å²) < 4.78 is 0. The molecule has 1 aliphatic heterocycles. The van der Waals surface area contributed by atoms with E-state index in [2.05, 4.69) is 26.4 Å². The lowest BCUT2D eigenvalue weighted by molar-refractivity contribution is -0.141. The van der Waals surface area contributed by atoms with Crippen molar-refractivity contribution in [3.63, 3.8) is 0 Å². The Hall–Kier alpha value is -2.75. The van der Waals surface area contributed by atoms with Gasteiger partial charge in [0.1, 0.15) is 6.04 Å². The molecule has 23 heavy (non-hydrogen) atoms. The Morgan fingerprint density at radius 2 is 2.00 bits per heavy atom. The van der Waals surface area contributed by atoms with Crippen molar-refractivity contribution in [2.24, 2.45) is 10.2 Å². The lowest BCUT2D eigenvalue weighted by atomic mass is 10.0. The first-order valence-corrected chi connectivity index (χ1v) is 7.33. The lowest BCUT2D eigenvalue weighted by Gasteiger charge is -2.15. The van der Waals surface area contributed by atoms with Crippen LogP contribution in [0.25, 0.3) is 0 Å². The molecule has 1 aromatic rings. The monoisotopic (exact) mass is 314 g/mol. The Labute approximate surface area is 134 Å². The number of hydrogen-bond donors (Lipinski definition) is 2. The Bertz CT molecular complexity index is 630. The minimum absolute atomic E-state index is 0.164. The summed E-state index contributed by atoms with van der Waals surface area (Å²) >= 11 is 0. The first-order chi connectivity index (χ1) is 11.0. The van der Waals surface area contributed by atoms with Crippen LogP contribution in [0.2, 0.25) is 0 Å². The maximum absolute atomic E-state index is 12.0. The third kappa shape index (κ3) is 5.18. The fourth-order valence-electron chi connectivity index (χ4n) is 2.20. The molecule has 7 nitrogen and oxygen atoms in total. The minimum atomic E-state index is -1.07. The van der Waals surface area contributed by atoms with Gasteiger partial charge in [-0.3, -0.25) is 9.78 Å². The van der Waals surface area contributed by atoms with Crippen molar-refractivity contribution in [2.75, 3.05) is 0 Å². The molecule has 2 rings (SSSR count). The van der Waals surface area contributed by atoms with Gasteiger partial charge in [0, 0.05) is 44.5 Å². The molecule has 2 N–H and O–H groups in total. The van der Waals surface area contributed by atoms with Crippen molar-refractivity contribution in [2.45, 2.75) is 43.8 Å². The number of amides is 1. The second-order valence-electron chi connectivity index (χ2n) is 5.40. The van der Waals surface area contributed by atoms with Gasteiger partial charge in [-0.1, -0.05) is 0 Å². The molecular formula is C16H18N4O3. The maximum atomic E-state index is 12.0. The van der Waals surface area contributed by atoms with Gasteiger partial charge in [-0.15, -0.1) is 12.3 Å². The predicted molar refractivity (Wildman–Crippen MR) is 82.4 cm³/mol. The van der Waals surface area contributed by atoms with E-state index in [0.717, 1.165) is 5.56 Å². The van der Waals surface area contributed by atoms with Gasteiger partial charge in [-0.25, -0.2) is 4.79 Å². The maximum Gasteiger partial charge on any atom is 0.326 e. The van der Waals surface area contributed by atoms with Crippen LogP contribution in [0.4, 0.5) is 0 Å². The van der Waals surface area contributed by atoms with Crippen molar-refractivity contribution in [1.82, 2.24) is 10.3 Å². The number of carbonyl (C=O) groups is 2. The lowest BCUT2D eigenvalue weighted by Crippen LogP contribution is -2.42. The number of aliphatic carboxylic acids is 1. The second kappa shape index (κ2) is 7.49. The molecule has 1 atom stereocenters. The summed E-state index contributed by atoms with van der Waals surface area (Å²) in [5.74, 6) is 1.12. The van der Waals surface area contributed by atoms with Gasteiger partial charge < -0.3 is 10.4 Å². The molecular weight excluding hydrogens is 296 g/mol. The highest BCUT2D eigenvalue weighted by molar-refractivity contribution is 5.83. The molecule has 0 bridgehead atoms. The molecule has 0 spiro atoms. The van der Waals surface area contributed by atoms with E-state index in [1.54, 1.807) is 24.5 Å². The number of hydrogen-bond acceptors (Lipinski definition) is 5. The number of aromatic nitrogens is 1. The van der Waals surface area contributed by atoms with Gasteiger partial charge in [-0.05, 0) is 17.7 Å². The molecule has 7 heteroatoms. The van der Waals surface area contributed by atoms with Crippen molar-refractivity contribution in [3.05, 3.63) is 30.1 Å². The van der Waals surface area contributed by atoms with E-state index < -0.39 is 17.7 Å². The van der Waals surface area contributed by atoms with Crippen LogP contribution in [0.1, 0.15) is 31.2 Å². The van der Waals surface area contributed by atoms with Crippen LogP contribution in [0, 0.1) is 12.3 Å². The van der Waals surface area contributed by atoms with Gasteiger partial charge in [0.25, 0.3) is 0 Å². The topological polar surface area (TPSA) is 104 Å². The van der Waals surface area contributed by atoms with Gasteiger partial charge >= 0.3 is 5.97 Å². The highest BCUT2D eigenvalue weighted by atomic mass is 16.4. The number of nitrogens with one attached hydrogen (secondary N) is 1. The standard InChI is InChI=1S/C16H18N4O3/c1-2-3-7-16(19-20-16)8-4-14(21)18-13(15(22)23)11-12-5-9-17-10-6-12/h1,5-6,9-10,13H,3-4,7-8,11H2,(H,18,21)(H,22,23). The van der Waals surface area contributed by atoms with Crippen LogP contribution in [0.15, 0.2) is 34.8 Å². The number of rotatable bonds is 9. The fourth-order valence-corrected chi connectivity index (χ4v) is 2.20. The summed E-state index contributed by atoms with van der Waals surface area (Å²) in [6.07, 6.45) is 10.4. The second-order valence-corrected chi connectivity index (χ2v) is 5.40. The van der Waals surface area contributed by atoms with Crippen LogP contribution in [0.5, 0.6) is 0 Å². The smallest absolute Gasteiger partial charge is 0.326 e. The van der Waals surface area contributed by atoms with E-state index in [-0.39, 0.29) is 18.7 Å². The summed E-state index contributed by atoms with van der Waals surface area (Å²) in [5, 5.41) is 19.7. The predicted octanol–water partition coefficient (Wildman–Crippen LogP) is 1.55. The van der Waals surface area contributed by atoms with E-state index >= 15 is 0 Å². The summed E-state index contributed by atoms with van der Waals surface area (Å²) in [4.78, 5) is 27.2. The Morgan fingerprint density at radius 3 is 2.57 bits per heavy atom. The summed E-state index contributed by atoms with van der Waals surface area (Å²) in [7, 11) is 0. The third-order valence-corrected chi connectivity index (χ3v) is 3.63. The minimum Gasteiger partial charge on any atom is -0.480 e. The van der Waals surface area contributed by atoms with Crippen LogP contribution in [-0.4, -0.2) is 33.7 Å². The van der Waals surface area contributed by atoms with E-state index in [1.165, 1.54) is 0 Å². The molecule has 1 aliphatic rings. The summed E-state index contributed by atoms with van der Waals surface area (Å²) in [5.41, 5.74) is 0.262. The summed E-state index contributed by atoms with van der Waals surface area (Å²) in [6, 6.07) is 2.47. The number of carbonyl (C=O) groups excluding carboxylic acids is 1. The van der Waals surface area contributed by atoms with Gasteiger partial charge in [0.15, 0.2) is 5.66 Å². The van der Waals surface area contributed by atoms with Crippen LogP contribution >= 0.6 is 0 Å². The molecule has 0 aliphatic carbocycles. The zero-order chi connectivity index (χ0) is 16.7. The van der Waals surface area contributed by atoms with Crippen molar-refractivity contribution in [1.29, 1.82) is 0 Å². The Kier molecular flexibility index (Phi) is 5.41. The molecule has 1 amide bonds. The van der Waals surface area contributed by atoms with Crippen molar-refractivity contribution >= 4 is 11.9 Å².